The first kappa shape index (κ1) is 13.3. The minimum atomic E-state index is 0.323. The van der Waals surface area contributed by atoms with Crippen molar-refractivity contribution >= 4 is 0 Å². The van der Waals surface area contributed by atoms with E-state index in [9.17, 15) is 0 Å². The Labute approximate surface area is 120 Å². The highest BCUT2D eigenvalue weighted by Gasteiger charge is 2.13. The maximum atomic E-state index is 5.46. The van der Waals surface area contributed by atoms with Crippen molar-refractivity contribution in [3.05, 3.63) is 30.5 Å². The van der Waals surface area contributed by atoms with E-state index >= 15 is 0 Å². The number of hydrogen-bond acceptors (Lipinski definition) is 7. The molecule has 21 heavy (non-hydrogen) atoms. The van der Waals surface area contributed by atoms with E-state index < -0.39 is 0 Å². The summed E-state index contributed by atoms with van der Waals surface area (Å²) in [6.07, 6.45) is 1.72. The van der Waals surface area contributed by atoms with E-state index in [-0.39, 0.29) is 0 Å². The Morgan fingerprint density at radius 1 is 1.29 bits per heavy atom. The minimum Gasteiger partial charge on any atom is -0.497 e. The Morgan fingerprint density at radius 2 is 2.10 bits per heavy atom. The smallest absolute Gasteiger partial charge is 0.280 e. The monoisotopic (exact) mass is 286 g/mol. The van der Waals surface area contributed by atoms with Gasteiger partial charge in [0.05, 0.1) is 19.9 Å². The third kappa shape index (κ3) is 2.75. The van der Waals surface area contributed by atoms with Gasteiger partial charge < -0.3 is 15.0 Å². The van der Waals surface area contributed by atoms with E-state index in [4.69, 9.17) is 15.0 Å². The average Bonchev–Trinajstić information content (AvgIpc) is 3.16. The second kappa shape index (κ2) is 5.71. The van der Waals surface area contributed by atoms with Crippen molar-refractivity contribution in [3.8, 4) is 28.7 Å². The zero-order valence-electron chi connectivity index (χ0n) is 11.4. The van der Waals surface area contributed by atoms with Gasteiger partial charge in [-0.25, -0.2) is 0 Å². The molecule has 0 fully saturated rings. The van der Waals surface area contributed by atoms with Gasteiger partial charge in [0, 0.05) is 12.1 Å². The lowest BCUT2D eigenvalue weighted by atomic mass is 10.2. The molecule has 0 amide bonds. The Hall–Kier alpha value is -2.74. The summed E-state index contributed by atoms with van der Waals surface area (Å²) in [5, 5.41) is 11.9. The Kier molecular flexibility index (Phi) is 3.61. The van der Waals surface area contributed by atoms with Gasteiger partial charge in [-0.15, -0.1) is 5.10 Å². The molecule has 2 aromatic heterocycles. The lowest BCUT2D eigenvalue weighted by molar-refractivity contribution is 0.414. The van der Waals surface area contributed by atoms with Crippen LogP contribution in [0.2, 0.25) is 0 Å². The van der Waals surface area contributed by atoms with Crippen LogP contribution in [0.15, 0.2) is 35.0 Å². The summed E-state index contributed by atoms with van der Waals surface area (Å²) in [4.78, 5) is 4.31. The summed E-state index contributed by atoms with van der Waals surface area (Å²) in [5.74, 6) is 1.58. The molecule has 0 aliphatic carbocycles. The van der Waals surface area contributed by atoms with E-state index in [2.05, 4.69) is 20.5 Å². The topological polar surface area (TPSA) is 105 Å². The fraction of sp³-hybridized carbons (Fsp3) is 0.231. The number of nitrogens with zero attached hydrogens (tertiary/aromatic N) is 5. The molecule has 2 heterocycles. The zero-order chi connectivity index (χ0) is 14.7. The van der Waals surface area contributed by atoms with Crippen molar-refractivity contribution in [2.24, 2.45) is 5.73 Å². The molecule has 0 saturated carbocycles. The molecule has 108 valence electrons. The van der Waals surface area contributed by atoms with Crippen LogP contribution >= 0.6 is 0 Å². The van der Waals surface area contributed by atoms with Crippen molar-refractivity contribution < 1.29 is 9.26 Å². The van der Waals surface area contributed by atoms with Crippen LogP contribution in [-0.4, -0.2) is 38.8 Å². The standard InChI is InChI=1S/C13H14N6O2/c1-20-10-4-2-9(3-5-10)12-15-13(21-17-12)11-8-19(7-6-14)18-16-11/h2-5,8H,6-7,14H2,1H3. The van der Waals surface area contributed by atoms with Crippen molar-refractivity contribution in [2.45, 2.75) is 6.54 Å². The van der Waals surface area contributed by atoms with Crippen LogP contribution in [0.5, 0.6) is 5.75 Å². The lowest BCUT2D eigenvalue weighted by Gasteiger charge is -1.98. The molecule has 0 spiro atoms. The molecular formula is C13H14N6O2. The summed E-state index contributed by atoms with van der Waals surface area (Å²) in [6, 6.07) is 7.39. The molecule has 2 N–H and O–H groups in total. The number of benzene rings is 1. The van der Waals surface area contributed by atoms with Gasteiger partial charge in [0.1, 0.15) is 5.75 Å². The van der Waals surface area contributed by atoms with Crippen LogP contribution in [0.3, 0.4) is 0 Å². The first-order valence-electron chi connectivity index (χ1n) is 6.39. The normalized spacial score (nSPS) is 10.8. The maximum absolute atomic E-state index is 5.46. The van der Waals surface area contributed by atoms with Gasteiger partial charge in [-0.3, -0.25) is 4.68 Å². The Morgan fingerprint density at radius 3 is 2.81 bits per heavy atom. The lowest BCUT2D eigenvalue weighted by Crippen LogP contribution is -2.10. The van der Waals surface area contributed by atoms with E-state index in [0.717, 1.165) is 11.3 Å². The average molecular weight is 286 g/mol. The number of hydrogen-bond donors (Lipinski definition) is 1. The van der Waals surface area contributed by atoms with Crippen molar-refractivity contribution in [1.29, 1.82) is 0 Å². The number of ether oxygens (including phenoxy) is 1. The molecular weight excluding hydrogens is 272 g/mol. The summed E-state index contributed by atoms with van der Waals surface area (Å²) in [7, 11) is 1.62. The predicted molar refractivity (Wildman–Crippen MR) is 74.4 cm³/mol. The van der Waals surface area contributed by atoms with Gasteiger partial charge in [0.2, 0.25) is 5.82 Å². The van der Waals surface area contributed by atoms with E-state index in [0.29, 0.717) is 30.5 Å². The maximum Gasteiger partial charge on any atom is 0.280 e. The molecule has 8 heteroatoms. The van der Waals surface area contributed by atoms with E-state index in [1.165, 1.54) is 0 Å². The molecule has 0 bridgehead atoms. The summed E-state index contributed by atoms with van der Waals surface area (Å²) in [6.45, 7) is 1.08. The summed E-state index contributed by atoms with van der Waals surface area (Å²) >= 11 is 0. The molecule has 3 rings (SSSR count). The van der Waals surface area contributed by atoms with Crippen molar-refractivity contribution in [1.82, 2.24) is 25.1 Å². The molecule has 1 aromatic carbocycles. The highest BCUT2D eigenvalue weighted by atomic mass is 16.5. The predicted octanol–water partition coefficient (Wildman–Crippen LogP) is 0.962. The molecule has 0 atom stereocenters. The van der Waals surface area contributed by atoms with Crippen LogP contribution in [0.4, 0.5) is 0 Å². The van der Waals surface area contributed by atoms with Gasteiger partial charge in [-0.2, -0.15) is 4.98 Å². The number of nitrogens with two attached hydrogens (primary N) is 1. The summed E-state index contributed by atoms with van der Waals surface area (Å²) in [5.41, 5.74) is 6.82. The fourth-order valence-corrected chi connectivity index (χ4v) is 1.82. The first-order chi connectivity index (χ1) is 10.3. The van der Waals surface area contributed by atoms with Gasteiger partial charge >= 0.3 is 0 Å². The largest absolute Gasteiger partial charge is 0.497 e. The fourth-order valence-electron chi connectivity index (χ4n) is 1.82. The SMILES string of the molecule is COc1ccc(-c2noc(-c3cn(CCN)nn3)n2)cc1. The quantitative estimate of drug-likeness (QED) is 0.744. The highest BCUT2D eigenvalue weighted by Crippen LogP contribution is 2.22. The van der Waals surface area contributed by atoms with Gasteiger partial charge in [-0.1, -0.05) is 10.4 Å². The first-order valence-corrected chi connectivity index (χ1v) is 6.39. The highest BCUT2D eigenvalue weighted by molar-refractivity contribution is 5.58. The molecule has 0 radical (unpaired) electrons. The van der Waals surface area contributed by atoms with E-state index in [1.807, 2.05) is 24.3 Å². The zero-order valence-corrected chi connectivity index (χ0v) is 11.4. The molecule has 0 saturated heterocycles. The third-order valence-electron chi connectivity index (χ3n) is 2.89. The minimum absolute atomic E-state index is 0.323. The molecule has 0 aliphatic heterocycles. The number of aromatic nitrogens is 5. The van der Waals surface area contributed by atoms with Crippen molar-refractivity contribution in [3.63, 3.8) is 0 Å². The van der Waals surface area contributed by atoms with E-state index in [1.54, 1.807) is 18.0 Å². The second-order valence-corrected chi connectivity index (χ2v) is 4.31. The van der Waals surface area contributed by atoms with Crippen LogP contribution in [0, 0.1) is 0 Å². The third-order valence-corrected chi connectivity index (χ3v) is 2.89. The van der Waals surface area contributed by atoms with Crippen LogP contribution in [-0.2, 0) is 6.54 Å². The number of methoxy groups -OCH3 is 1. The Balaban J connectivity index is 1.84. The Bertz CT molecular complexity index is 718. The second-order valence-electron chi connectivity index (χ2n) is 4.31. The molecule has 3 aromatic rings. The molecule has 8 nitrogen and oxygen atoms in total. The van der Waals surface area contributed by atoms with Crippen LogP contribution in [0.1, 0.15) is 0 Å². The van der Waals surface area contributed by atoms with Crippen molar-refractivity contribution in [2.75, 3.05) is 13.7 Å². The van der Waals surface area contributed by atoms with Gasteiger partial charge in [-0.05, 0) is 24.3 Å². The number of rotatable bonds is 5. The van der Waals surface area contributed by atoms with Gasteiger partial charge in [0.25, 0.3) is 5.89 Å². The summed E-state index contributed by atoms with van der Waals surface area (Å²) < 4.78 is 12.0. The van der Waals surface area contributed by atoms with Gasteiger partial charge in [0.15, 0.2) is 5.69 Å². The van der Waals surface area contributed by atoms with Crippen LogP contribution < -0.4 is 10.5 Å². The molecule has 0 unspecified atom stereocenters. The molecule has 0 aliphatic rings. The van der Waals surface area contributed by atoms with Crippen LogP contribution in [0.25, 0.3) is 23.0 Å².